The van der Waals surface area contributed by atoms with Gasteiger partial charge in [-0.2, -0.15) is 8.42 Å². The molecule has 170 valence electrons. The van der Waals surface area contributed by atoms with Crippen molar-refractivity contribution in [3.05, 3.63) is 24.0 Å². The molecule has 16 heteroatoms. The van der Waals surface area contributed by atoms with Gasteiger partial charge in [0.25, 0.3) is 5.91 Å². The summed E-state index contributed by atoms with van der Waals surface area (Å²) in [5.74, 6) is -3.77. The molecule has 4 N–H and O–H groups in total. The van der Waals surface area contributed by atoms with Crippen LogP contribution in [-0.2, 0) is 29.5 Å². The first-order valence-corrected chi connectivity index (χ1v) is 10.6. The van der Waals surface area contributed by atoms with Gasteiger partial charge >= 0.3 is 57.7 Å². The number of nitrogens with zero attached hydrogens (tertiary/aromatic N) is 3. The zero-order valence-corrected chi connectivity index (χ0v) is 17.1. The van der Waals surface area contributed by atoms with Crippen LogP contribution in [0.25, 0.3) is 0 Å². The molecule has 2 aliphatic rings. The number of hydrogen-bond donors (Lipinski definition) is 4. The van der Waals surface area contributed by atoms with Crippen LogP contribution in [0.15, 0.2) is 18.3 Å². The molecule has 6 amide bonds. The molecule has 0 saturated carbocycles. The van der Waals surface area contributed by atoms with E-state index in [0.717, 1.165) is 0 Å². The second-order valence-corrected chi connectivity index (χ2v) is 8.09. The Balaban J connectivity index is 0.00000363. The normalized spacial score (nSPS) is 19.8. The maximum absolute atomic E-state index is 12.7. The number of carbonyl (C=O) groups is 5. The Bertz CT molecular complexity index is 1030. The third kappa shape index (κ3) is 5.12. The Hall–Kier alpha value is -2.46. The summed E-state index contributed by atoms with van der Waals surface area (Å²) < 4.78 is 31.1. The van der Waals surface area contributed by atoms with Crippen molar-refractivity contribution in [2.24, 2.45) is 0 Å². The molecular weight excluding hydrogens is 459 g/mol. The van der Waals surface area contributed by atoms with E-state index < -0.39 is 58.6 Å². The number of amides is 6. The maximum atomic E-state index is 12.7. The fourth-order valence-electron chi connectivity index (χ4n) is 3.15. The summed E-state index contributed by atoms with van der Waals surface area (Å²) in [6.45, 7) is 1.62. The monoisotopic (exact) mass is 480 g/mol. The standard InChI is InChI=1S/C16H20N6O8S.Na.H/c1-2-20-6-7-21(15(26)14(20)25)16(27)19-11(9-4-3-5-17-9)12(23)18-10-8-22(13(10)24)31(28,29)30;;/h3-5,10-11,17H,2,6-8H2,1H3,(H,18,23)(H,19,27)(H,28,29,30);;. The number of aromatic nitrogens is 1. The minimum absolute atomic E-state index is 0. The van der Waals surface area contributed by atoms with E-state index in [4.69, 9.17) is 4.55 Å². The van der Waals surface area contributed by atoms with Gasteiger partial charge in [0.15, 0.2) is 0 Å². The molecule has 0 aromatic carbocycles. The molecule has 1 aromatic heterocycles. The molecule has 2 atom stereocenters. The molecule has 32 heavy (non-hydrogen) atoms. The van der Waals surface area contributed by atoms with Crippen LogP contribution in [0.3, 0.4) is 0 Å². The summed E-state index contributed by atoms with van der Waals surface area (Å²) in [6.07, 6.45) is 1.48. The summed E-state index contributed by atoms with van der Waals surface area (Å²) in [5, 5.41) is 4.62. The Morgan fingerprint density at radius 2 is 1.94 bits per heavy atom. The molecular formula is C16H21N6NaO8S. The van der Waals surface area contributed by atoms with E-state index in [9.17, 15) is 32.4 Å². The number of β-lactam (4-membered cyclic amide) rings is 1. The van der Waals surface area contributed by atoms with Crippen LogP contribution in [0.4, 0.5) is 4.79 Å². The number of H-pyrrole nitrogens is 1. The van der Waals surface area contributed by atoms with E-state index in [-0.39, 0.29) is 52.6 Å². The van der Waals surface area contributed by atoms with E-state index in [1.54, 1.807) is 13.0 Å². The van der Waals surface area contributed by atoms with Gasteiger partial charge in [0.2, 0.25) is 5.91 Å². The summed E-state index contributed by atoms with van der Waals surface area (Å²) in [7, 11) is -4.72. The van der Waals surface area contributed by atoms with Crippen molar-refractivity contribution < 1.29 is 36.9 Å². The van der Waals surface area contributed by atoms with Gasteiger partial charge in [-0.1, -0.05) is 0 Å². The van der Waals surface area contributed by atoms with Crippen LogP contribution in [0.2, 0.25) is 0 Å². The minimum atomic E-state index is -4.72. The van der Waals surface area contributed by atoms with Crippen LogP contribution in [-0.4, -0.2) is 123 Å². The summed E-state index contributed by atoms with van der Waals surface area (Å²) in [5.41, 5.74) is 0.218. The van der Waals surface area contributed by atoms with Crippen LogP contribution < -0.4 is 10.6 Å². The predicted octanol–water partition coefficient (Wildman–Crippen LogP) is -3.06. The van der Waals surface area contributed by atoms with Gasteiger partial charge in [-0.05, 0) is 19.1 Å². The van der Waals surface area contributed by atoms with Crippen LogP contribution in [0.5, 0.6) is 0 Å². The molecule has 0 bridgehead atoms. The topological polar surface area (TPSA) is 189 Å². The number of nitrogens with one attached hydrogen (secondary N) is 3. The molecule has 2 saturated heterocycles. The van der Waals surface area contributed by atoms with Gasteiger partial charge < -0.3 is 20.5 Å². The number of urea groups is 1. The van der Waals surface area contributed by atoms with Crippen LogP contribution in [0.1, 0.15) is 18.7 Å². The van der Waals surface area contributed by atoms with Gasteiger partial charge in [0.05, 0.1) is 6.54 Å². The zero-order valence-electron chi connectivity index (χ0n) is 16.3. The van der Waals surface area contributed by atoms with E-state index in [1.165, 1.54) is 17.2 Å². The summed E-state index contributed by atoms with van der Waals surface area (Å²) >= 11 is 0. The van der Waals surface area contributed by atoms with E-state index in [2.05, 4.69) is 15.6 Å². The molecule has 1 aromatic rings. The first kappa shape index (κ1) is 25.8. The van der Waals surface area contributed by atoms with Gasteiger partial charge in [-0.15, -0.1) is 0 Å². The van der Waals surface area contributed by atoms with Gasteiger partial charge in [0, 0.05) is 31.5 Å². The van der Waals surface area contributed by atoms with Crippen molar-refractivity contribution in [2.45, 2.75) is 19.0 Å². The number of piperazine rings is 1. The van der Waals surface area contributed by atoms with E-state index in [1.807, 2.05) is 0 Å². The fourth-order valence-corrected chi connectivity index (χ4v) is 3.84. The van der Waals surface area contributed by atoms with Crippen molar-refractivity contribution in [1.29, 1.82) is 0 Å². The second-order valence-electron chi connectivity index (χ2n) is 6.76. The number of aromatic amines is 1. The molecule has 0 aliphatic carbocycles. The molecule has 2 aliphatic heterocycles. The quantitative estimate of drug-likeness (QED) is 0.143. The van der Waals surface area contributed by atoms with Crippen LogP contribution >= 0.6 is 0 Å². The van der Waals surface area contributed by atoms with Gasteiger partial charge in [-0.3, -0.25) is 28.6 Å². The Morgan fingerprint density at radius 3 is 2.47 bits per heavy atom. The van der Waals surface area contributed by atoms with Crippen molar-refractivity contribution >= 4 is 69.5 Å². The van der Waals surface area contributed by atoms with Crippen molar-refractivity contribution in [3.8, 4) is 0 Å². The molecule has 2 fully saturated rings. The van der Waals surface area contributed by atoms with Crippen LogP contribution in [0, 0.1) is 0 Å². The van der Waals surface area contributed by atoms with Crippen molar-refractivity contribution in [2.75, 3.05) is 26.2 Å². The Labute approximate surface area is 204 Å². The van der Waals surface area contributed by atoms with Crippen molar-refractivity contribution in [3.63, 3.8) is 0 Å². The number of hydrogen-bond acceptors (Lipinski definition) is 7. The molecule has 0 spiro atoms. The summed E-state index contributed by atoms with van der Waals surface area (Å²) in [6, 6.07) is -0.560. The predicted molar refractivity (Wildman–Crippen MR) is 108 cm³/mol. The van der Waals surface area contributed by atoms with Gasteiger partial charge in [-0.25, -0.2) is 9.10 Å². The Morgan fingerprint density at radius 1 is 1.25 bits per heavy atom. The second kappa shape index (κ2) is 9.99. The number of rotatable bonds is 6. The average molecular weight is 480 g/mol. The third-order valence-corrected chi connectivity index (χ3v) is 5.77. The molecule has 3 rings (SSSR count). The number of imide groups is 1. The molecule has 14 nitrogen and oxygen atoms in total. The van der Waals surface area contributed by atoms with Crippen molar-refractivity contribution in [1.82, 2.24) is 29.7 Å². The average Bonchev–Trinajstić information content (AvgIpc) is 3.23. The van der Waals surface area contributed by atoms with Gasteiger partial charge in [0.1, 0.15) is 12.1 Å². The van der Waals surface area contributed by atoms with E-state index >= 15 is 0 Å². The molecule has 3 heterocycles. The fraction of sp³-hybridized carbons (Fsp3) is 0.438. The molecule has 0 radical (unpaired) electrons. The number of carbonyl (C=O) groups excluding carboxylic acids is 5. The third-order valence-electron chi connectivity index (χ3n) is 4.89. The first-order valence-electron chi connectivity index (χ1n) is 9.18. The number of likely N-dealkylation sites (N-methyl/N-ethyl adjacent to an activating group) is 1. The first-order chi connectivity index (χ1) is 14.5. The Kier molecular flexibility index (Phi) is 8.06. The molecule has 2 unspecified atom stereocenters. The van der Waals surface area contributed by atoms with E-state index in [0.29, 0.717) is 11.4 Å². The zero-order chi connectivity index (χ0) is 22.9. The summed E-state index contributed by atoms with van der Waals surface area (Å²) in [4.78, 5) is 66.1. The SMILES string of the molecule is CCN1CCN(C(=O)NC(C(=O)NC2CN(S(=O)(=O)O)C2=O)c2ccc[nH]2)C(=O)C1=O.[NaH].